The predicted octanol–water partition coefficient (Wildman–Crippen LogP) is 4.34. The number of benzene rings is 1. The van der Waals surface area contributed by atoms with Crippen LogP contribution in [0.15, 0.2) is 24.3 Å². The van der Waals surface area contributed by atoms with Crippen molar-refractivity contribution in [3.05, 3.63) is 29.8 Å². The molecular formula is C21H29NO3. The van der Waals surface area contributed by atoms with E-state index in [9.17, 15) is 4.79 Å². The molecule has 0 radical (unpaired) electrons. The second-order valence-corrected chi connectivity index (χ2v) is 8.36. The van der Waals surface area contributed by atoms with Crippen LogP contribution in [0.1, 0.15) is 44.1 Å². The smallest absolute Gasteiger partial charge is 0.404 e. The Bertz CT molecular complexity index is 587. The van der Waals surface area contributed by atoms with E-state index in [2.05, 4.69) is 5.32 Å². The second kappa shape index (κ2) is 7.27. The van der Waals surface area contributed by atoms with Crippen molar-refractivity contribution < 1.29 is 14.6 Å². The largest absolute Gasteiger partial charge is 0.494 e. The molecule has 0 aromatic heterocycles. The van der Waals surface area contributed by atoms with Crippen molar-refractivity contribution in [1.82, 2.24) is 5.32 Å². The molecule has 136 valence electrons. The Morgan fingerprint density at radius 1 is 1.12 bits per heavy atom. The summed E-state index contributed by atoms with van der Waals surface area (Å²) in [6.07, 6.45) is 8.34. The number of carbonyl (C=O) groups is 1. The molecule has 1 amide bonds. The van der Waals surface area contributed by atoms with E-state index in [0.717, 1.165) is 47.5 Å². The molecule has 25 heavy (non-hydrogen) atoms. The third-order valence-corrected chi connectivity index (χ3v) is 6.73. The lowest BCUT2D eigenvalue weighted by Gasteiger charge is -2.54. The molecule has 4 bridgehead atoms. The minimum Gasteiger partial charge on any atom is -0.494 e. The number of nitrogens with one attached hydrogen (secondary N) is 1. The van der Waals surface area contributed by atoms with Gasteiger partial charge in [0.2, 0.25) is 0 Å². The van der Waals surface area contributed by atoms with Crippen LogP contribution >= 0.6 is 0 Å². The molecule has 4 aliphatic carbocycles. The topological polar surface area (TPSA) is 58.6 Å². The first-order valence-corrected chi connectivity index (χ1v) is 9.86. The molecule has 2 N–H and O–H groups in total. The number of hydrogen-bond acceptors (Lipinski definition) is 2. The van der Waals surface area contributed by atoms with Crippen molar-refractivity contribution in [2.75, 3.05) is 13.2 Å². The zero-order valence-electron chi connectivity index (χ0n) is 14.8. The molecule has 0 saturated heterocycles. The molecule has 0 aliphatic heterocycles. The zero-order valence-corrected chi connectivity index (χ0v) is 14.8. The molecule has 4 heteroatoms. The Morgan fingerprint density at radius 3 is 2.52 bits per heavy atom. The van der Waals surface area contributed by atoms with Crippen molar-refractivity contribution in [3.8, 4) is 5.75 Å². The predicted molar refractivity (Wildman–Crippen MR) is 96.8 cm³/mol. The SMILES string of the molecule is O=C(O)NCCc1cccc(OCCC2C3CC4CC(C3)CC2C4)c1. The van der Waals surface area contributed by atoms with Crippen LogP contribution in [0.3, 0.4) is 0 Å². The first kappa shape index (κ1) is 16.7. The highest BCUT2D eigenvalue weighted by atomic mass is 16.5. The Morgan fingerprint density at radius 2 is 1.84 bits per heavy atom. The Balaban J connectivity index is 1.25. The van der Waals surface area contributed by atoms with Crippen LogP contribution in [0.25, 0.3) is 0 Å². The molecule has 1 aromatic rings. The Labute approximate surface area is 150 Å². The van der Waals surface area contributed by atoms with Gasteiger partial charge in [-0.05, 0) is 92.2 Å². The van der Waals surface area contributed by atoms with Gasteiger partial charge in [-0.25, -0.2) is 4.79 Å². The molecule has 0 atom stereocenters. The highest BCUT2D eigenvalue weighted by Gasteiger charge is 2.47. The fourth-order valence-corrected chi connectivity index (χ4v) is 5.93. The van der Waals surface area contributed by atoms with Crippen LogP contribution in [0, 0.1) is 29.6 Å². The van der Waals surface area contributed by atoms with Gasteiger partial charge < -0.3 is 15.2 Å². The van der Waals surface area contributed by atoms with E-state index in [0.29, 0.717) is 13.0 Å². The highest BCUT2D eigenvalue weighted by molar-refractivity contribution is 5.64. The van der Waals surface area contributed by atoms with E-state index >= 15 is 0 Å². The molecule has 4 saturated carbocycles. The fraction of sp³-hybridized carbons (Fsp3) is 0.667. The Kier molecular flexibility index (Phi) is 4.87. The standard InChI is InChI=1S/C21H29NO3/c23-21(24)22-6-4-14-2-1-3-19(13-14)25-7-5-20-17-9-15-8-16(11-17)12-18(20)10-15/h1-3,13,15-18,20,22H,4-12H2,(H,23,24). The van der Waals surface area contributed by atoms with Crippen LogP contribution in [-0.4, -0.2) is 24.4 Å². The van der Waals surface area contributed by atoms with Crippen LogP contribution in [0.5, 0.6) is 5.75 Å². The summed E-state index contributed by atoms with van der Waals surface area (Å²) in [5.74, 6) is 5.81. The maximum absolute atomic E-state index is 10.5. The molecule has 4 aliphatic rings. The summed E-state index contributed by atoms with van der Waals surface area (Å²) in [5, 5.41) is 11.0. The van der Waals surface area contributed by atoms with E-state index in [1.54, 1.807) is 0 Å². The maximum Gasteiger partial charge on any atom is 0.404 e. The average Bonchev–Trinajstić information content (AvgIpc) is 2.57. The van der Waals surface area contributed by atoms with Crippen molar-refractivity contribution in [2.24, 2.45) is 29.6 Å². The van der Waals surface area contributed by atoms with Crippen LogP contribution in [0.4, 0.5) is 4.79 Å². The monoisotopic (exact) mass is 343 g/mol. The highest BCUT2D eigenvalue weighted by Crippen LogP contribution is 2.57. The first-order valence-electron chi connectivity index (χ1n) is 9.86. The summed E-state index contributed by atoms with van der Waals surface area (Å²) in [4.78, 5) is 10.5. The third-order valence-electron chi connectivity index (χ3n) is 6.73. The van der Waals surface area contributed by atoms with E-state index < -0.39 is 6.09 Å². The number of rotatable bonds is 7. The van der Waals surface area contributed by atoms with Crippen molar-refractivity contribution in [3.63, 3.8) is 0 Å². The second-order valence-electron chi connectivity index (χ2n) is 8.36. The molecular weight excluding hydrogens is 314 g/mol. The van der Waals surface area contributed by atoms with Crippen LogP contribution in [-0.2, 0) is 6.42 Å². The van der Waals surface area contributed by atoms with Crippen molar-refractivity contribution >= 4 is 6.09 Å². The molecule has 4 fully saturated rings. The van der Waals surface area contributed by atoms with Crippen LogP contribution in [0.2, 0.25) is 0 Å². The van der Waals surface area contributed by atoms with Gasteiger partial charge in [-0.3, -0.25) is 0 Å². The van der Waals surface area contributed by atoms with E-state index in [1.165, 1.54) is 38.5 Å². The number of hydrogen-bond donors (Lipinski definition) is 2. The van der Waals surface area contributed by atoms with Crippen LogP contribution < -0.4 is 10.1 Å². The first-order chi connectivity index (χ1) is 12.2. The van der Waals surface area contributed by atoms with Gasteiger partial charge in [0.05, 0.1) is 6.61 Å². The van der Waals surface area contributed by atoms with E-state index in [4.69, 9.17) is 9.84 Å². The summed E-state index contributed by atoms with van der Waals surface area (Å²) in [6.45, 7) is 1.25. The number of ether oxygens (including phenoxy) is 1. The lowest BCUT2D eigenvalue weighted by molar-refractivity contribution is -0.0435. The minimum absolute atomic E-state index is 0.437. The summed E-state index contributed by atoms with van der Waals surface area (Å²) in [6, 6.07) is 8.06. The molecule has 0 unspecified atom stereocenters. The van der Waals surface area contributed by atoms with Gasteiger partial charge in [-0.1, -0.05) is 12.1 Å². The third kappa shape index (κ3) is 3.94. The lowest BCUT2D eigenvalue weighted by Crippen LogP contribution is -2.45. The quantitative estimate of drug-likeness (QED) is 0.774. The van der Waals surface area contributed by atoms with Gasteiger partial charge in [-0.2, -0.15) is 0 Å². The van der Waals surface area contributed by atoms with Gasteiger partial charge in [0.1, 0.15) is 5.75 Å². The van der Waals surface area contributed by atoms with Gasteiger partial charge in [0.15, 0.2) is 0 Å². The van der Waals surface area contributed by atoms with Gasteiger partial charge in [0.25, 0.3) is 0 Å². The summed E-state index contributed by atoms with van der Waals surface area (Å²) >= 11 is 0. The van der Waals surface area contributed by atoms with Crippen molar-refractivity contribution in [1.29, 1.82) is 0 Å². The molecule has 5 rings (SSSR count). The fourth-order valence-electron chi connectivity index (χ4n) is 5.93. The maximum atomic E-state index is 10.5. The molecule has 0 spiro atoms. The lowest BCUT2D eigenvalue weighted by atomic mass is 9.51. The number of amides is 1. The summed E-state index contributed by atoms with van der Waals surface area (Å²) in [7, 11) is 0. The van der Waals surface area contributed by atoms with Gasteiger partial charge in [-0.15, -0.1) is 0 Å². The molecule has 1 aromatic carbocycles. The van der Waals surface area contributed by atoms with E-state index in [-0.39, 0.29) is 0 Å². The zero-order chi connectivity index (χ0) is 17.2. The summed E-state index contributed by atoms with van der Waals surface area (Å²) in [5.41, 5.74) is 1.11. The molecule has 4 nitrogen and oxygen atoms in total. The van der Waals surface area contributed by atoms with Crippen molar-refractivity contribution in [2.45, 2.75) is 44.9 Å². The summed E-state index contributed by atoms with van der Waals surface area (Å²) < 4.78 is 6.04. The minimum atomic E-state index is -0.969. The number of carboxylic acid groups (broad SMARTS) is 1. The van der Waals surface area contributed by atoms with Gasteiger partial charge >= 0.3 is 6.09 Å². The van der Waals surface area contributed by atoms with Gasteiger partial charge in [0, 0.05) is 6.54 Å². The Hall–Kier alpha value is -1.71. The van der Waals surface area contributed by atoms with E-state index in [1.807, 2.05) is 24.3 Å². The normalized spacial score (nSPS) is 32.6. The molecule has 0 heterocycles. The average molecular weight is 343 g/mol.